The third kappa shape index (κ3) is 27.4. The Balaban J connectivity index is 3.10. The molecule has 0 radical (unpaired) electrons. The second kappa shape index (κ2) is 23.5. The van der Waals surface area contributed by atoms with E-state index >= 15 is 0 Å². The highest BCUT2D eigenvalue weighted by Gasteiger charge is 2.15. The molecular formula is C27H54O5. The summed E-state index contributed by atoms with van der Waals surface area (Å²) in [6.07, 6.45) is 19.5. The Kier molecular flexibility index (Phi) is 23.0. The highest BCUT2D eigenvalue weighted by atomic mass is 16.6. The van der Waals surface area contributed by atoms with Crippen LogP contribution < -0.4 is 0 Å². The Hall–Kier alpha value is -0.650. The lowest BCUT2D eigenvalue weighted by Crippen LogP contribution is -2.24. The first-order chi connectivity index (χ1) is 15.5. The van der Waals surface area contributed by atoms with E-state index in [0.717, 1.165) is 13.0 Å². The van der Waals surface area contributed by atoms with E-state index in [2.05, 4.69) is 6.92 Å². The summed E-state index contributed by atoms with van der Waals surface area (Å²) in [5, 5.41) is 0. The molecule has 0 aliphatic carbocycles. The van der Waals surface area contributed by atoms with Crippen molar-refractivity contribution in [2.45, 2.75) is 130 Å². The van der Waals surface area contributed by atoms with Crippen LogP contribution in [-0.4, -0.2) is 51.2 Å². The fraction of sp³-hybridized carbons (Fsp3) is 0.963. The predicted octanol–water partition coefficient (Wildman–Crippen LogP) is 7.25. The maximum absolute atomic E-state index is 11.5. The maximum Gasteiger partial charge on any atom is 0.308 e. The van der Waals surface area contributed by atoms with Crippen molar-refractivity contribution in [1.29, 1.82) is 0 Å². The van der Waals surface area contributed by atoms with Crippen LogP contribution in [0.25, 0.3) is 0 Å². The van der Waals surface area contributed by atoms with E-state index < -0.39 is 5.60 Å². The molecule has 0 saturated heterocycles. The molecule has 0 rings (SSSR count). The minimum Gasteiger partial charge on any atom is -0.460 e. The number of carbonyl (C=O) groups is 1. The topological polar surface area (TPSA) is 54.0 Å². The van der Waals surface area contributed by atoms with E-state index in [1.165, 1.54) is 83.5 Å². The zero-order chi connectivity index (χ0) is 23.8. The van der Waals surface area contributed by atoms with Gasteiger partial charge in [0.2, 0.25) is 0 Å². The average molecular weight is 459 g/mol. The van der Waals surface area contributed by atoms with Gasteiger partial charge < -0.3 is 18.9 Å². The minimum absolute atomic E-state index is 0.227. The standard InChI is InChI=1S/C27H54O5/c1-5-6-7-8-9-10-11-12-13-14-15-16-17-18-20-29-22-24-31-25-23-30-21-19-26(28)32-27(2,3)4/h5-25H2,1-4H3. The Labute approximate surface area is 199 Å². The summed E-state index contributed by atoms with van der Waals surface area (Å²) < 4.78 is 21.7. The molecule has 192 valence electrons. The molecule has 5 heteroatoms. The molecular weight excluding hydrogens is 404 g/mol. The molecule has 5 nitrogen and oxygen atoms in total. The largest absolute Gasteiger partial charge is 0.460 e. The first-order valence-electron chi connectivity index (χ1n) is 13.4. The van der Waals surface area contributed by atoms with E-state index in [9.17, 15) is 4.79 Å². The smallest absolute Gasteiger partial charge is 0.308 e. The van der Waals surface area contributed by atoms with Crippen LogP contribution in [0.1, 0.15) is 124 Å². The summed E-state index contributed by atoms with van der Waals surface area (Å²) in [6.45, 7) is 11.3. The van der Waals surface area contributed by atoms with E-state index in [1.807, 2.05) is 20.8 Å². The summed E-state index contributed by atoms with van der Waals surface area (Å²) in [5.74, 6) is -0.227. The number of ether oxygens (including phenoxy) is 4. The lowest BCUT2D eigenvalue weighted by molar-refractivity contribution is -0.156. The van der Waals surface area contributed by atoms with Gasteiger partial charge in [-0.25, -0.2) is 0 Å². The van der Waals surface area contributed by atoms with Crippen molar-refractivity contribution >= 4 is 5.97 Å². The van der Waals surface area contributed by atoms with Crippen LogP contribution in [0.15, 0.2) is 0 Å². The molecule has 0 atom stereocenters. The molecule has 0 aromatic carbocycles. The third-order valence-corrected chi connectivity index (χ3v) is 5.26. The number of rotatable bonds is 24. The van der Waals surface area contributed by atoms with Gasteiger partial charge in [0.25, 0.3) is 0 Å². The van der Waals surface area contributed by atoms with Crippen LogP contribution in [0, 0.1) is 0 Å². The van der Waals surface area contributed by atoms with Crippen LogP contribution in [-0.2, 0) is 23.7 Å². The van der Waals surface area contributed by atoms with Gasteiger partial charge in [-0.2, -0.15) is 0 Å². The van der Waals surface area contributed by atoms with Crippen molar-refractivity contribution in [1.82, 2.24) is 0 Å². The predicted molar refractivity (Wildman–Crippen MR) is 133 cm³/mol. The zero-order valence-corrected chi connectivity index (χ0v) is 21.9. The van der Waals surface area contributed by atoms with Gasteiger partial charge in [0.05, 0.1) is 39.5 Å². The van der Waals surface area contributed by atoms with E-state index in [0.29, 0.717) is 33.0 Å². The maximum atomic E-state index is 11.5. The van der Waals surface area contributed by atoms with Gasteiger partial charge in [0.15, 0.2) is 0 Å². The van der Waals surface area contributed by atoms with Crippen molar-refractivity contribution in [3.63, 3.8) is 0 Å². The highest BCUT2D eigenvalue weighted by molar-refractivity contribution is 5.69. The molecule has 0 aliphatic rings. The second-order valence-corrected chi connectivity index (χ2v) is 9.77. The Morgan fingerprint density at radius 3 is 1.34 bits per heavy atom. The number of unbranched alkanes of at least 4 members (excludes halogenated alkanes) is 13. The van der Waals surface area contributed by atoms with E-state index in [4.69, 9.17) is 18.9 Å². The monoisotopic (exact) mass is 458 g/mol. The summed E-state index contributed by atoms with van der Waals surface area (Å²) in [5.41, 5.74) is -0.438. The third-order valence-electron chi connectivity index (χ3n) is 5.26. The van der Waals surface area contributed by atoms with Crippen LogP contribution in [0.5, 0.6) is 0 Å². The summed E-state index contributed by atoms with van der Waals surface area (Å²) >= 11 is 0. The molecule has 0 bridgehead atoms. The number of hydrogen-bond donors (Lipinski definition) is 0. The fourth-order valence-electron chi connectivity index (χ4n) is 3.49. The number of carbonyl (C=O) groups excluding carboxylic acids is 1. The molecule has 0 heterocycles. The molecule has 0 aromatic rings. The van der Waals surface area contributed by atoms with Crippen LogP contribution >= 0.6 is 0 Å². The first kappa shape index (κ1) is 31.4. The summed E-state index contributed by atoms with van der Waals surface area (Å²) in [4.78, 5) is 11.5. The fourth-order valence-corrected chi connectivity index (χ4v) is 3.49. The van der Waals surface area contributed by atoms with Gasteiger partial charge in [-0.1, -0.05) is 90.4 Å². The molecule has 0 unspecified atom stereocenters. The number of hydrogen-bond acceptors (Lipinski definition) is 5. The van der Waals surface area contributed by atoms with E-state index in [-0.39, 0.29) is 12.4 Å². The van der Waals surface area contributed by atoms with Gasteiger partial charge in [0.1, 0.15) is 5.60 Å². The van der Waals surface area contributed by atoms with Gasteiger partial charge in [-0.05, 0) is 27.2 Å². The van der Waals surface area contributed by atoms with Crippen molar-refractivity contribution in [3.05, 3.63) is 0 Å². The van der Waals surface area contributed by atoms with Gasteiger partial charge in [-0.15, -0.1) is 0 Å². The van der Waals surface area contributed by atoms with Crippen molar-refractivity contribution in [2.75, 3.05) is 39.6 Å². The van der Waals surface area contributed by atoms with Crippen molar-refractivity contribution < 1.29 is 23.7 Å². The van der Waals surface area contributed by atoms with Gasteiger partial charge in [0, 0.05) is 6.61 Å². The van der Waals surface area contributed by atoms with Gasteiger partial charge >= 0.3 is 5.97 Å². The molecule has 0 aromatic heterocycles. The van der Waals surface area contributed by atoms with E-state index in [1.54, 1.807) is 0 Å². The highest BCUT2D eigenvalue weighted by Crippen LogP contribution is 2.13. The summed E-state index contributed by atoms with van der Waals surface area (Å²) in [6, 6.07) is 0. The zero-order valence-electron chi connectivity index (χ0n) is 21.9. The lowest BCUT2D eigenvalue weighted by Gasteiger charge is -2.19. The quantitative estimate of drug-likeness (QED) is 0.113. The molecule has 0 N–H and O–H groups in total. The average Bonchev–Trinajstić information content (AvgIpc) is 2.73. The van der Waals surface area contributed by atoms with Crippen molar-refractivity contribution in [3.8, 4) is 0 Å². The SMILES string of the molecule is CCCCCCCCCCCCCCCCOCCOCCOCCC(=O)OC(C)(C)C. The van der Waals surface area contributed by atoms with Gasteiger partial charge in [-0.3, -0.25) is 4.79 Å². The molecule has 0 aliphatic heterocycles. The van der Waals surface area contributed by atoms with Crippen LogP contribution in [0.3, 0.4) is 0 Å². The summed E-state index contributed by atoms with van der Waals surface area (Å²) in [7, 11) is 0. The molecule has 32 heavy (non-hydrogen) atoms. The number of esters is 1. The Morgan fingerprint density at radius 1 is 0.531 bits per heavy atom. The minimum atomic E-state index is -0.438. The first-order valence-corrected chi connectivity index (χ1v) is 13.4. The van der Waals surface area contributed by atoms with Crippen LogP contribution in [0.2, 0.25) is 0 Å². The Bertz CT molecular complexity index is 392. The Morgan fingerprint density at radius 2 is 0.906 bits per heavy atom. The van der Waals surface area contributed by atoms with Crippen LogP contribution in [0.4, 0.5) is 0 Å². The molecule has 0 saturated carbocycles. The normalized spacial score (nSPS) is 11.8. The molecule has 0 spiro atoms. The lowest BCUT2D eigenvalue weighted by atomic mass is 10.0. The molecule has 0 fully saturated rings. The molecule has 0 amide bonds. The van der Waals surface area contributed by atoms with Crippen molar-refractivity contribution in [2.24, 2.45) is 0 Å². The second-order valence-electron chi connectivity index (χ2n) is 9.77.